The van der Waals surface area contributed by atoms with Crippen molar-refractivity contribution in [1.29, 1.82) is 0 Å². The van der Waals surface area contributed by atoms with Gasteiger partial charge in [0.15, 0.2) is 5.78 Å². The summed E-state index contributed by atoms with van der Waals surface area (Å²) in [6, 6.07) is 6.12. The van der Waals surface area contributed by atoms with Crippen molar-refractivity contribution in [2.45, 2.75) is 38.0 Å². The fourth-order valence-electron chi connectivity index (χ4n) is 3.53. The second kappa shape index (κ2) is 10.6. The van der Waals surface area contributed by atoms with Crippen LogP contribution in [0.25, 0.3) is 5.78 Å². The number of halogens is 3. The predicted molar refractivity (Wildman–Crippen MR) is 117 cm³/mol. The topological polar surface area (TPSA) is 95.4 Å². The Labute approximate surface area is 189 Å². The minimum atomic E-state index is -2.77. The van der Waals surface area contributed by atoms with Crippen molar-refractivity contribution in [3.8, 4) is 5.75 Å². The van der Waals surface area contributed by atoms with Gasteiger partial charge < -0.3 is 10.5 Å². The molecule has 3 rings (SSSR count). The molecule has 0 aliphatic heterocycles. The molecule has 0 fully saturated rings. The van der Waals surface area contributed by atoms with E-state index in [1.165, 1.54) is 24.0 Å². The fourth-order valence-corrected chi connectivity index (χ4v) is 3.73. The molecule has 2 heterocycles. The molecule has 1 unspecified atom stereocenters. The monoisotopic (exact) mass is 463 g/mol. The number of ether oxygens (including phenoxy) is 1. The van der Waals surface area contributed by atoms with Crippen molar-refractivity contribution < 1.29 is 18.3 Å². The molecular formula is C22H24ClF2N5O2. The highest BCUT2D eigenvalue weighted by Gasteiger charge is 2.24. The maximum absolute atomic E-state index is 13.5. The van der Waals surface area contributed by atoms with Gasteiger partial charge in [-0.05, 0) is 50.1 Å². The van der Waals surface area contributed by atoms with E-state index < -0.39 is 18.0 Å². The number of allylic oxidation sites excluding steroid dienone is 1. The van der Waals surface area contributed by atoms with E-state index in [0.29, 0.717) is 47.8 Å². The van der Waals surface area contributed by atoms with Gasteiger partial charge >= 0.3 is 0 Å². The maximum atomic E-state index is 13.5. The Hall–Kier alpha value is -2.91. The van der Waals surface area contributed by atoms with Crippen LogP contribution in [-0.2, 0) is 0 Å². The summed E-state index contributed by atoms with van der Waals surface area (Å²) in [7, 11) is 1.47. The lowest BCUT2D eigenvalue weighted by Crippen LogP contribution is -2.14. The molecular weight excluding hydrogens is 440 g/mol. The number of fused-ring (bicyclic) bond motifs is 1. The minimum Gasteiger partial charge on any atom is -0.495 e. The number of methoxy groups -OCH3 is 1. The largest absolute Gasteiger partial charge is 0.495 e. The predicted octanol–water partition coefficient (Wildman–Crippen LogP) is 4.77. The zero-order valence-electron chi connectivity index (χ0n) is 17.6. The zero-order valence-corrected chi connectivity index (χ0v) is 18.4. The first-order valence-corrected chi connectivity index (χ1v) is 10.5. The van der Waals surface area contributed by atoms with Gasteiger partial charge in [-0.25, -0.2) is 18.3 Å². The molecule has 170 valence electrons. The highest BCUT2D eigenvalue weighted by molar-refractivity contribution is 6.32. The van der Waals surface area contributed by atoms with Crippen LogP contribution in [0.4, 0.5) is 8.78 Å². The highest BCUT2D eigenvalue weighted by atomic mass is 35.5. The molecule has 2 N–H and O–H groups in total. The Morgan fingerprint density at radius 2 is 2.09 bits per heavy atom. The van der Waals surface area contributed by atoms with Crippen molar-refractivity contribution >= 4 is 23.2 Å². The number of carbonyl (C=O) groups is 1. The smallest absolute Gasteiger partial charge is 0.280 e. The van der Waals surface area contributed by atoms with Gasteiger partial charge in [0.25, 0.3) is 12.2 Å². The first-order valence-electron chi connectivity index (χ1n) is 10.1. The van der Waals surface area contributed by atoms with E-state index >= 15 is 0 Å². The van der Waals surface area contributed by atoms with E-state index in [-0.39, 0.29) is 18.0 Å². The van der Waals surface area contributed by atoms with Crippen LogP contribution in [0.5, 0.6) is 5.75 Å². The maximum Gasteiger partial charge on any atom is 0.280 e. The van der Waals surface area contributed by atoms with Gasteiger partial charge in [0, 0.05) is 17.9 Å². The number of nitrogens with zero attached hydrogens (tertiary/aromatic N) is 4. The molecule has 1 aromatic carbocycles. The summed E-state index contributed by atoms with van der Waals surface area (Å²) in [5.41, 5.74) is 6.93. The van der Waals surface area contributed by atoms with Crippen LogP contribution in [0.3, 0.4) is 0 Å². The number of alkyl halides is 2. The Kier molecular flexibility index (Phi) is 7.87. The third kappa shape index (κ3) is 5.28. The number of hydrogen-bond acceptors (Lipinski definition) is 6. The van der Waals surface area contributed by atoms with Crippen molar-refractivity contribution in [3.63, 3.8) is 0 Å². The third-order valence-corrected chi connectivity index (χ3v) is 5.52. The summed E-state index contributed by atoms with van der Waals surface area (Å²) in [5, 5.41) is 4.54. The molecule has 0 aliphatic rings. The molecule has 1 atom stereocenters. The van der Waals surface area contributed by atoms with Crippen LogP contribution >= 0.6 is 11.6 Å². The van der Waals surface area contributed by atoms with Gasteiger partial charge in [-0.3, -0.25) is 4.79 Å². The van der Waals surface area contributed by atoms with Crippen LogP contribution in [0.15, 0.2) is 42.7 Å². The van der Waals surface area contributed by atoms with Gasteiger partial charge in [-0.15, -0.1) is 0 Å². The average molecular weight is 464 g/mol. The summed E-state index contributed by atoms with van der Waals surface area (Å²) in [6.45, 7) is 4.62. The quantitative estimate of drug-likeness (QED) is 0.325. The van der Waals surface area contributed by atoms with Gasteiger partial charge in [0.05, 0.1) is 17.8 Å². The minimum absolute atomic E-state index is 0.0724. The summed E-state index contributed by atoms with van der Waals surface area (Å²) in [6.07, 6.45) is 0.259. The summed E-state index contributed by atoms with van der Waals surface area (Å²) < 4.78 is 33.5. The zero-order chi connectivity index (χ0) is 23.3. The van der Waals surface area contributed by atoms with E-state index in [1.807, 2.05) is 0 Å². The molecule has 3 aromatic rings. The Balaban J connectivity index is 1.92. The van der Waals surface area contributed by atoms with Crippen molar-refractivity contribution in [3.05, 3.63) is 64.7 Å². The Morgan fingerprint density at radius 3 is 2.78 bits per heavy atom. The van der Waals surface area contributed by atoms with E-state index in [2.05, 4.69) is 21.6 Å². The van der Waals surface area contributed by atoms with Crippen LogP contribution < -0.4 is 10.5 Å². The summed E-state index contributed by atoms with van der Waals surface area (Å²) >= 11 is 6.04. The SMILES string of the molecule is C=C(CCCN)C(CCC(=O)c1ccc(Cl)c(OC)c1)c1cc(C(F)F)nc2ncnn12. The van der Waals surface area contributed by atoms with Gasteiger partial charge in [-0.1, -0.05) is 23.8 Å². The average Bonchev–Trinajstić information content (AvgIpc) is 3.26. The number of nitrogens with two attached hydrogens (primary N) is 1. The second-order valence-electron chi connectivity index (χ2n) is 7.29. The lowest BCUT2D eigenvalue weighted by molar-refractivity contribution is 0.0977. The number of aromatic nitrogens is 4. The lowest BCUT2D eigenvalue weighted by Gasteiger charge is -2.21. The Bertz CT molecular complexity index is 1120. The standard InChI is InChI=1S/C22H24ClF2N5O2/c1-13(4-3-9-26)15(6-8-19(31)14-5-7-16(23)20(10-14)32-2)18-11-17(21(24)25)29-22-27-12-28-30(18)22/h5,7,10-12,15,21H,1,3-4,6,8-9,26H2,2H3. The second-order valence-corrected chi connectivity index (χ2v) is 7.70. The molecule has 10 heteroatoms. The van der Waals surface area contributed by atoms with E-state index in [4.69, 9.17) is 22.1 Å². The van der Waals surface area contributed by atoms with Crippen molar-refractivity contribution in [1.82, 2.24) is 19.6 Å². The normalized spacial score (nSPS) is 12.3. The molecule has 0 spiro atoms. The van der Waals surface area contributed by atoms with Crippen molar-refractivity contribution in [2.75, 3.05) is 13.7 Å². The van der Waals surface area contributed by atoms with E-state index in [9.17, 15) is 13.6 Å². The molecule has 7 nitrogen and oxygen atoms in total. The van der Waals surface area contributed by atoms with Crippen LogP contribution in [0, 0.1) is 0 Å². The number of rotatable bonds is 11. The van der Waals surface area contributed by atoms with Crippen LogP contribution in [0.2, 0.25) is 5.02 Å². The summed E-state index contributed by atoms with van der Waals surface area (Å²) in [4.78, 5) is 20.7. The fraction of sp³-hybridized carbons (Fsp3) is 0.364. The molecule has 0 amide bonds. The van der Waals surface area contributed by atoms with Crippen LogP contribution in [0.1, 0.15) is 59.8 Å². The molecule has 0 saturated carbocycles. The third-order valence-electron chi connectivity index (χ3n) is 5.21. The number of hydrogen-bond donors (Lipinski definition) is 1. The molecule has 2 aromatic heterocycles. The van der Waals surface area contributed by atoms with Gasteiger partial charge in [0.1, 0.15) is 17.8 Å². The molecule has 0 bridgehead atoms. The lowest BCUT2D eigenvalue weighted by atomic mass is 9.87. The van der Waals surface area contributed by atoms with Crippen LogP contribution in [-0.4, -0.2) is 39.0 Å². The Morgan fingerprint density at radius 1 is 1.31 bits per heavy atom. The first kappa shape index (κ1) is 23.7. The first-order chi connectivity index (χ1) is 15.3. The number of carbonyl (C=O) groups excluding carboxylic acids is 1. The summed E-state index contributed by atoms with van der Waals surface area (Å²) in [5.74, 6) is -0.0661. The highest BCUT2D eigenvalue weighted by Crippen LogP contribution is 2.33. The van der Waals surface area contributed by atoms with E-state index in [0.717, 1.165) is 5.57 Å². The van der Waals surface area contributed by atoms with Gasteiger partial charge in [-0.2, -0.15) is 10.1 Å². The molecule has 32 heavy (non-hydrogen) atoms. The number of Topliss-reactive ketones (excluding diaryl/α,β-unsaturated/α-hetero) is 1. The van der Waals surface area contributed by atoms with E-state index in [1.54, 1.807) is 18.2 Å². The number of ketones is 1. The van der Waals surface area contributed by atoms with Gasteiger partial charge in [0.2, 0.25) is 0 Å². The van der Waals surface area contributed by atoms with Crippen molar-refractivity contribution in [2.24, 2.45) is 5.73 Å². The molecule has 0 aliphatic carbocycles. The molecule has 0 saturated heterocycles. The number of benzene rings is 1. The molecule has 0 radical (unpaired) electrons.